The molecule has 5 aliphatic rings. The molecule has 3 saturated carbocycles. The van der Waals surface area contributed by atoms with Gasteiger partial charge in [0.15, 0.2) is 23.5 Å². The highest BCUT2D eigenvalue weighted by Crippen LogP contribution is 2.70. The summed E-state index contributed by atoms with van der Waals surface area (Å²) in [6.07, 6.45) is 5.78. The summed E-state index contributed by atoms with van der Waals surface area (Å²) < 4.78 is 13.4. The standard InChI is InChI=1S/C51H64N4O12/c1-7-27(2)44(62)55-38(17-18-42(60)61)47(65)53-28(3)45(63)52-29(4)46(64)54-34-10-8-9-31(22-34)21-30-11-13-32(14-12-30)48-66-41-24-37-36-16-15-33-23-35(57)19-20-49(33,5)43(36)39(58)25-50(37,6)51(41,67-48)40(59)26-56/h8-14,19-20,22-23,27-29,36-39,41,43,48,56,58H,7,15-18,21,24-26H2,1-6H3,(H,52,63)(H,53,65)(H,54,64)(H,55,62)(H,60,61)/t27?,28-,29-,36-,37?,38-,39-,41+,43?,48+,49-,50-,51+/m0/s1. The highest BCUT2D eigenvalue weighted by molar-refractivity contribution is 6.01. The third-order valence-corrected chi connectivity index (χ3v) is 15.5. The van der Waals surface area contributed by atoms with Crippen LogP contribution in [0, 0.1) is 34.5 Å². The first-order chi connectivity index (χ1) is 31.7. The van der Waals surface area contributed by atoms with Crippen molar-refractivity contribution in [3.05, 3.63) is 89.0 Å². The first-order valence-corrected chi connectivity index (χ1v) is 23.5. The van der Waals surface area contributed by atoms with Crippen molar-refractivity contribution in [1.29, 1.82) is 0 Å². The largest absolute Gasteiger partial charge is 0.481 e. The minimum Gasteiger partial charge on any atom is -0.481 e. The number of carboxylic acid groups (broad SMARTS) is 1. The van der Waals surface area contributed by atoms with Crippen LogP contribution in [-0.2, 0) is 49.5 Å². The summed E-state index contributed by atoms with van der Waals surface area (Å²) in [6.45, 7) is 9.79. The van der Waals surface area contributed by atoms with E-state index in [1.54, 1.807) is 31.2 Å². The third kappa shape index (κ3) is 9.50. The van der Waals surface area contributed by atoms with E-state index in [9.17, 15) is 43.8 Å². The molecule has 4 fully saturated rings. The highest BCUT2D eigenvalue weighted by Gasteiger charge is 2.76. The molecule has 3 unspecified atom stereocenters. The van der Waals surface area contributed by atoms with Crippen LogP contribution in [0.4, 0.5) is 5.69 Å². The summed E-state index contributed by atoms with van der Waals surface area (Å²) in [5.74, 6) is -4.42. The fourth-order valence-electron chi connectivity index (χ4n) is 11.7. The number of fused-ring (bicyclic) bond motifs is 7. The van der Waals surface area contributed by atoms with Crippen molar-refractivity contribution in [2.75, 3.05) is 11.9 Å². The molecule has 4 amide bonds. The van der Waals surface area contributed by atoms with E-state index in [2.05, 4.69) is 28.2 Å². The van der Waals surface area contributed by atoms with Gasteiger partial charge in [0.05, 0.1) is 12.2 Å². The molecule has 7 rings (SSSR count). The Kier molecular flexibility index (Phi) is 14.4. The smallest absolute Gasteiger partial charge is 0.303 e. The van der Waals surface area contributed by atoms with Gasteiger partial charge in [-0.3, -0.25) is 33.6 Å². The zero-order valence-corrected chi connectivity index (χ0v) is 39.0. The predicted octanol–water partition coefficient (Wildman–Crippen LogP) is 4.22. The Morgan fingerprint density at radius 3 is 2.28 bits per heavy atom. The maximum atomic E-state index is 14.0. The van der Waals surface area contributed by atoms with Gasteiger partial charge < -0.3 is 46.1 Å². The molecule has 4 aliphatic carbocycles. The van der Waals surface area contributed by atoms with E-state index in [-0.39, 0.29) is 42.8 Å². The number of benzene rings is 2. The van der Waals surface area contributed by atoms with Crippen LogP contribution in [0.3, 0.4) is 0 Å². The van der Waals surface area contributed by atoms with Gasteiger partial charge in [-0.1, -0.05) is 75.7 Å². The van der Waals surface area contributed by atoms with Crippen molar-refractivity contribution in [1.82, 2.24) is 16.0 Å². The minimum atomic E-state index is -1.46. The van der Waals surface area contributed by atoms with Crippen molar-refractivity contribution >= 4 is 46.9 Å². The Bertz CT molecular complexity index is 2350. The Morgan fingerprint density at radius 2 is 1.60 bits per heavy atom. The number of aliphatic carboxylic acids is 1. The molecule has 0 radical (unpaired) electrons. The van der Waals surface area contributed by atoms with E-state index in [1.807, 2.05) is 56.3 Å². The van der Waals surface area contributed by atoms with E-state index in [0.29, 0.717) is 30.5 Å². The number of carbonyl (C=O) groups is 7. The monoisotopic (exact) mass is 924 g/mol. The number of Topliss-reactive ketones (excluding diaryl/α,β-unsaturated/α-hetero) is 1. The highest BCUT2D eigenvalue weighted by atomic mass is 16.7. The molecule has 16 heteroatoms. The number of ketones is 2. The normalized spacial score (nSPS) is 31.0. The lowest BCUT2D eigenvalue weighted by molar-refractivity contribution is -0.201. The lowest BCUT2D eigenvalue weighted by Crippen LogP contribution is -2.63. The van der Waals surface area contributed by atoms with Crippen molar-refractivity contribution in [2.24, 2.45) is 34.5 Å². The maximum absolute atomic E-state index is 14.0. The van der Waals surface area contributed by atoms with Crippen molar-refractivity contribution in [2.45, 2.75) is 135 Å². The zero-order valence-electron chi connectivity index (χ0n) is 39.0. The Morgan fingerprint density at radius 1 is 0.896 bits per heavy atom. The number of allylic oxidation sites excluding steroid dienone is 4. The van der Waals surface area contributed by atoms with E-state index in [1.165, 1.54) is 13.8 Å². The number of hydrogen-bond donors (Lipinski definition) is 7. The molecule has 0 spiro atoms. The van der Waals surface area contributed by atoms with E-state index < -0.39 is 101 Å². The van der Waals surface area contributed by atoms with E-state index in [4.69, 9.17) is 14.6 Å². The number of hydrogen-bond acceptors (Lipinski definition) is 11. The topological polar surface area (TPSA) is 247 Å². The molecule has 1 aliphatic heterocycles. The number of rotatable bonds is 17. The second-order valence-corrected chi connectivity index (χ2v) is 19.7. The van der Waals surface area contributed by atoms with Crippen LogP contribution in [0.5, 0.6) is 0 Å². The SMILES string of the molecule is CCC(C)C(=O)N[C@@H](CCC(=O)O)C(=O)N[C@@H](C)C(=O)N[C@@H](C)C(=O)Nc1cccc(Cc2ccc([C@@H]3O[C@@H]4CC5[C@@H]6CCC7=CC(=O)C=C[C@]7(C)C6[C@@H](O)C[C@]5(C)[C@]4(C(=O)CO)O3)cc2)c1. The minimum absolute atomic E-state index is 0.0194. The summed E-state index contributed by atoms with van der Waals surface area (Å²) in [7, 11) is 0. The van der Waals surface area contributed by atoms with Gasteiger partial charge >= 0.3 is 5.97 Å². The maximum Gasteiger partial charge on any atom is 0.303 e. The first-order valence-electron chi connectivity index (χ1n) is 23.5. The van der Waals surface area contributed by atoms with Gasteiger partial charge in [0.25, 0.3) is 0 Å². The van der Waals surface area contributed by atoms with Crippen LogP contribution in [0.2, 0.25) is 0 Å². The van der Waals surface area contributed by atoms with Gasteiger partial charge in [0.1, 0.15) is 24.7 Å². The Labute approximate surface area is 390 Å². The molecule has 13 atom stereocenters. The molecular formula is C51H64N4O12. The van der Waals surface area contributed by atoms with Crippen molar-refractivity contribution in [3.8, 4) is 0 Å². The number of ether oxygens (including phenoxy) is 2. The van der Waals surface area contributed by atoms with Crippen LogP contribution in [0.15, 0.2) is 72.3 Å². The predicted molar refractivity (Wildman–Crippen MR) is 245 cm³/mol. The fraction of sp³-hybridized carbons (Fsp3) is 0.549. The van der Waals surface area contributed by atoms with Gasteiger partial charge in [-0.25, -0.2) is 0 Å². The van der Waals surface area contributed by atoms with Crippen LogP contribution >= 0.6 is 0 Å². The Hall–Kier alpha value is -5.55. The molecule has 16 nitrogen and oxygen atoms in total. The molecule has 0 aromatic heterocycles. The summed E-state index contributed by atoms with van der Waals surface area (Å²) in [4.78, 5) is 89.2. The number of aliphatic hydroxyl groups excluding tert-OH is 2. The molecule has 67 heavy (non-hydrogen) atoms. The van der Waals surface area contributed by atoms with E-state index in [0.717, 1.165) is 29.5 Å². The number of nitrogens with one attached hydrogen (secondary N) is 4. The fourth-order valence-corrected chi connectivity index (χ4v) is 11.7. The van der Waals surface area contributed by atoms with Crippen LogP contribution in [-0.4, -0.2) is 99.0 Å². The number of carbonyl (C=O) groups excluding carboxylic acids is 6. The van der Waals surface area contributed by atoms with Gasteiger partial charge in [-0.15, -0.1) is 0 Å². The van der Waals surface area contributed by atoms with Crippen LogP contribution in [0.25, 0.3) is 0 Å². The van der Waals surface area contributed by atoms with Crippen LogP contribution < -0.4 is 21.3 Å². The summed E-state index contributed by atoms with van der Waals surface area (Å²) in [5.41, 5.74) is 1.31. The van der Waals surface area contributed by atoms with E-state index >= 15 is 0 Å². The van der Waals surface area contributed by atoms with Crippen molar-refractivity contribution in [3.63, 3.8) is 0 Å². The number of anilines is 1. The molecule has 7 N–H and O–H groups in total. The second-order valence-electron chi connectivity index (χ2n) is 19.7. The number of carboxylic acids is 1. The number of aliphatic hydroxyl groups is 2. The summed E-state index contributed by atoms with van der Waals surface area (Å²) >= 11 is 0. The Balaban J connectivity index is 0.951. The van der Waals surface area contributed by atoms with Gasteiger partial charge in [0, 0.05) is 40.3 Å². The summed E-state index contributed by atoms with van der Waals surface area (Å²) in [6, 6.07) is 11.6. The third-order valence-electron chi connectivity index (χ3n) is 15.5. The zero-order chi connectivity index (χ0) is 48.6. The second kappa shape index (κ2) is 19.6. The van der Waals surface area contributed by atoms with Crippen molar-refractivity contribution < 1.29 is 58.4 Å². The van der Waals surface area contributed by atoms with Gasteiger partial charge in [0.2, 0.25) is 23.6 Å². The average Bonchev–Trinajstić information content (AvgIpc) is 3.80. The first kappa shape index (κ1) is 49.4. The molecule has 0 bridgehead atoms. The summed E-state index contributed by atoms with van der Waals surface area (Å²) in [5, 5.41) is 42.0. The molecule has 360 valence electrons. The quantitative estimate of drug-likeness (QED) is 0.118. The molecular weight excluding hydrogens is 861 g/mol. The number of amides is 4. The lowest BCUT2D eigenvalue weighted by atomic mass is 9.46. The molecule has 1 saturated heterocycles. The molecule has 1 heterocycles. The van der Waals surface area contributed by atoms with Gasteiger partial charge in [-0.2, -0.15) is 0 Å². The molecule has 2 aromatic rings. The molecule has 2 aromatic carbocycles. The average molecular weight is 925 g/mol. The van der Waals surface area contributed by atoms with Gasteiger partial charge in [-0.05, 0) is 106 Å². The lowest BCUT2D eigenvalue weighted by Gasteiger charge is -2.59. The van der Waals surface area contributed by atoms with Crippen LogP contribution in [0.1, 0.15) is 109 Å².